The van der Waals surface area contributed by atoms with E-state index in [-0.39, 0.29) is 11.7 Å². The van der Waals surface area contributed by atoms with E-state index in [1.54, 1.807) is 0 Å². The maximum absolute atomic E-state index is 10.7. The van der Waals surface area contributed by atoms with Crippen LogP contribution in [0.5, 0.6) is 0 Å². The van der Waals surface area contributed by atoms with E-state index in [9.17, 15) is 4.79 Å². The van der Waals surface area contributed by atoms with Crippen LogP contribution in [0.15, 0.2) is 28.6 Å². The van der Waals surface area contributed by atoms with Gasteiger partial charge in [0.2, 0.25) is 11.0 Å². The molecule has 3 N–H and O–H groups in total. The second-order valence-corrected chi connectivity index (χ2v) is 6.00. The first-order valence-corrected chi connectivity index (χ1v) is 7.58. The highest BCUT2D eigenvalue weighted by Gasteiger charge is 2.06. The Labute approximate surface area is 119 Å². The van der Waals surface area contributed by atoms with Crippen LogP contribution in [0, 0.1) is 0 Å². The van der Waals surface area contributed by atoms with Crippen molar-refractivity contribution < 1.29 is 4.79 Å². The molecule has 0 saturated carbocycles. The van der Waals surface area contributed by atoms with Crippen molar-refractivity contribution in [2.75, 3.05) is 11.1 Å². The summed E-state index contributed by atoms with van der Waals surface area (Å²) in [6.07, 6.45) is 1.02. The van der Waals surface area contributed by atoms with Crippen LogP contribution in [0.4, 0.5) is 10.8 Å². The summed E-state index contributed by atoms with van der Waals surface area (Å²) in [4.78, 5) is 10.7. The standard InChI is InChI=1S/C12H14N4OS2/c1-2-8-3-5-9(6-4-8)14-11-15-16-12(19-11)18-7-10(13)17/h3-6H,2,7H2,1H3,(H2,13,17)(H,14,15). The molecule has 1 aromatic heterocycles. The number of rotatable bonds is 6. The zero-order chi connectivity index (χ0) is 13.7. The highest BCUT2D eigenvalue weighted by molar-refractivity contribution is 8.01. The van der Waals surface area contributed by atoms with Crippen LogP contribution in [0.1, 0.15) is 12.5 Å². The zero-order valence-corrected chi connectivity index (χ0v) is 12.1. The highest BCUT2D eigenvalue weighted by atomic mass is 32.2. The maximum atomic E-state index is 10.7. The molecular weight excluding hydrogens is 280 g/mol. The Morgan fingerprint density at radius 3 is 2.74 bits per heavy atom. The van der Waals surface area contributed by atoms with Gasteiger partial charge in [-0.2, -0.15) is 0 Å². The van der Waals surface area contributed by atoms with Gasteiger partial charge in [0, 0.05) is 5.69 Å². The number of thioether (sulfide) groups is 1. The van der Waals surface area contributed by atoms with Gasteiger partial charge in [0.25, 0.3) is 0 Å². The number of amides is 1. The average Bonchev–Trinajstić information content (AvgIpc) is 2.85. The molecular formula is C12H14N4OS2. The summed E-state index contributed by atoms with van der Waals surface area (Å²) in [5.41, 5.74) is 7.34. The van der Waals surface area contributed by atoms with Gasteiger partial charge in [0.05, 0.1) is 5.75 Å². The lowest BCUT2D eigenvalue weighted by molar-refractivity contribution is -0.115. The second-order valence-electron chi connectivity index (χ2n) is 3.80. The molecule has 1 heterocycles. The molecule has 0 saturated heterocycles. The Morgan fingerprint density at radius 2 is 2.11 bits per heavy atom. The summed E-state index contributed by atoms with van der Waals surface area (Å²) in [6.45, 7) is 2.12. The van der Waals surface area contributed by atoms with Crippen LogP contribution in [0.2, 0.25) is 0 Å². The van der Waals surface area contributed by atoms with Gasteiger partial charge in [-0.15, -0.1) is 10.2 Å². The van der Waals surface area contributed by atoms with Crippen molar-refractivity contribution in [3.63, 3.8) is 0 Å². The molecule has 5 nitrogen and oxygen atoms in total. The lowest BCUT2D eigenvalue weighted by Gasteiger charge is -2.02. The van der Waals surface area contributed by atoms with Crippen LogP contribution in [-0.4, -0.2) is 21.9 Å². The topological polar surface area (TPSA) is 80.9 Å². The summed E-state index contributed by atoms with van der Waals surface area (Å²) in [7, 11) is 0. The molecule has 0 bridgehead atoms. The molecule has 0 unspecified atom stereocenters. The van der Waals surface area contributed by atoms with Crippen molar-refractivity contribution in [2.24, 2.45) is 5.73 Å². The minimum absolute atomic E-state index is 0.222. The number of aromatic nitrogens is 2. The Kier molecular flexibility index (Phi) is 4.75. The Balaban J connectivity index is 1.96. The van der Waals surface area contributed by atoms with Crippen molar-refractivity contribution in [1.82, 2.24) is 10.2 Å². The van der Waals surface area contributed by atoms with Crippen LogP contribution in [0.25, 0.3) is 0 Å². The van der Waals surface area contributed by atoms with E-state index >= 15 is 0 Å². The molecule has 1 amide bonds. The molecule has 1 aromatic carbocycles. The second kappa shape index (κ2) is 6.53. The fourth-order valence-electron chi connectivity index (χ4n) is 1.40. The number of aryl methyl sites for hydroxylation is 1. The van der Waals surface area contributed by atoms with E-state index in [2.05, 4.69) is 34.6 Å². The molecule has 0 aliphatic carbocycles. The largest absolute Gasteiger partial charge is 0.369 e. The Morgan fingerprint density at radius 1 is 1.37 bits per heavy atom. The molecule has 19 heavy (non-hydrogen) atoms. The predicted octanol–water partition coefficient (Wildman–Crippen LogP) is 2.42. The first-order chi connectivity index (χ1) is 9.17. The number of nitrogens with one attached hydrogen (secondary N) is 1. The van der Waals surface area contributed by atoms with Gasteiger partial charge in [-0.3, -0.25) is 4.79 Å². The van der Waals surface area contributed by atoms with E-state index in [1.807, 2.05) is 12.1 Å². The normalized spacial score (nSPS) is 10.4. The van der Waals surface area contributed by atoms with E-state index in [1.165, 1.54) is 28.7 Å². The van der Waals surface area contributed by atoms with Crippen LogP contribution in [0.3, 0.4) is 0 Å². The van der Waals surface area contributed by atoms with Gasteiger partial charge in [-0.1, -0.05) is 42.2 Å². The number of carbonyl (C=O) groups is 1. The van der Waals surface area contributed by atoms with E-state index in [0.29, 0.717) is 5.13 Å². The fourth-order valence-corrected chi connectivity index (χ4v) is 2.91. The summed E-state index contributed by atoms with van der Waals surface area (Å²) in [5, 5.41) is 11.9. The first-order valence-electron chi connectivity index (χ1n) is 5.78. The van der Waals surface area contributed by atoms with Gasteiger partial charge in [-0.05, 0) is 24.1 Å². The SMILES string of the molecule is CCc1ccc(Nc2nnc(SCC(N)=O)s2)cc1. The van der Waals surface area contributed by atoms with Gasteiger partial charge < -0.3 is 11.1 Å². The third kappa shape index (κ3) is 4.22. The number of nitrogens with zero attached hydrogens (tertiary/aromatic N) is 2. The fraction of sp³-hybridized carbons (Fsp3) is 0.250. The minimum Gasteiger partial charge on any atom is -0.369 e. The molecule has 100 valence electrons. The first kappa shape index (κ1) is 13.8. The van der Waals surface area contributed by atoms with Gasteiger partial charge in [0.15, 0.2) is 4.34 Å². The summed E-state index contributed by atoms with van der Waals surface area (Å²) >= 11 is 2.70. The summed E-state index contributed by atoms with van der Waals surface area (Å²) < 4.78 is 0.728. The average molecular weight is 294 g/mol. The number of nitrogens with two attached hydrogens (primary N) is 1. The quantitative estimate of drug-likeness (QED) is 0.800. The Bertz CT molecular complexity index is 553. The van der Waals surface area contributed by atoms with Crippen molar-refractivity contribution >= 4 is 39.8 Å². The third-order valence-corrected chi connectivity index (χ3v) is 4.35. The molecule has 7 heteroatoms. The number of primary amides is 1. The molecule has 0 aliphatic rings. The number of hydrogen-bond donors (Lipinski definition) is 2. The van der Waals surface area contributed by atoms with Crippen LogP contribution < -0.4 is 11.1 Å². The third-order valence-electron chi connectivity index (χ3n) is 2.36. The smallest absolute Gasteiger partial charge is 0.227 e. The lowest BCUT2D eigenvalue weighted by atomic mass is 10.1. The van der Waals surface area contributed by atoms with Gasteiger partial charge in [0.1, 0.15) is 0 Å². The van der Waals surface area contributed by atoms with Crippen molar-refractivity contribution in [3.05, 3.63) is 29.8 Å². The number of hydrogen-bond acceptors (Lipinski definition) is 6. The molecule has 0 fully saturated rings. The van der Waals surface area contributed by atoms with Gasteiger partial charge >= 0.3 is 0 Å². The number of carbonyl (C=O) groups excluding carboxylic acids is 1. The number of anilines is 2. The maximum Gasteiger partial charge on any atom is 0.227 e. The summed E-state index contributed by atoms with van der Waals surface area (Å²) in [6, 6.07) is 8.17. The highest BCUT2D eigenvalue weighted by Crippen LogP contribution is 2.27. The molecule has 0 atom stereocenters. The van der Waals surface area contributed by atoms with Crippen molar-refractivity contribution in [3.8, 4) is 0 Å². The molecule has 2 rings (SSSR count). The van der Waals surface area contributed by atoms with E-state index in [4.69, 9.17) is 5.73 Å². The van der Waals surface area contributed by atoms with Crippen LogP contribution >= 0.6 is 23.1 Å². The number of benzene rings is 1. The zero-order valence-electron chi connectivity index (χ0n) is 10.4. The Hall–Kier alpha value is -1.60. The van der Waals surface area contributed by atoms with E-state index < -0.39 is 0 Å². The van der Waals surface area contributed by atoms with E-state index in [0.717, 1.165) is 16.4 Å². The van der Waals surface area contributed by atoms with Crippen molar-refractivity contribution in [2.45, 2.75) is 17.7 Å². The molecule has 0 radical (unpaired) electrons. The monoisotopic (exact) mass is 294 g/mol. The predicted molar refractivity (Wildman–Crippen MR) is 78.9 cm³/mol. The molecule has 0 spiro atoms. The lowest BCUT2D eigenvalue weighted by Crippen LogP contribution is -2.12. The van der Waals surface area contributed by atoms with Crippen molar-refractivity contribution in [1.29, 1.82) is 0 Å². The molecule has 0 aliphatic heterocycles. The minimum atomic E-state index is -0.357. The summed E-state index contributed by atoms with van der Waals surface area (Å²) in [5.74, 6) is -0.135. The molecule has 2 aromatic rings. The van der Waals surface area contributed by atoms with Gasteiger partial charge in [-0.25, -0.2) is 0 Å². The van der Waals surface area contributed by atoms with Crippen LogP contribution in [-0.2, 0) is 11.2 Å².